The minimum atomic E-state index is -0.204. The van der Waals surface area contributed by atoms with Crippen LogP contribution < -0.4 is 10.1 Å². The summed E-state index contributed by atoms with van der Waals surface area (Å²) < 4.78 is 5.48. The molecule has 1 aromatic heterocycles. The van der Waals surface area contributed by atoms with Crippen LogP contribution in [0.3, 0.4) is 0 Å². The number of amides is 1. The van der Waals surface area contributed by atoms with Crippen LogP contribution in [0.5, 0.6) is 5.75 Å². The van der Waals surface area contributed by atoms with E-state index in [1.807, 2.05) is 13.0 Å². The molecule has 1 atom stereocenters. The standard InChI is InChI=1S/C15H17N3O2/c1-3-10-20-13-7-5-4-6-12(13)15(19)18-11(2)14-16-8-9-17-14/h3-9,11H,1,10H2,2H3,(H,16,17)(H,18,19). The largest absolute Gasteiger partial charge is 0.489 e. The Morgan fingerprint density at radius 2 is 2.35 bits per heavy atom. The van der Waals surface area contributed by atoms with Crippen molar-refractivity contribution in [2.75, 3.05) is 6.61 Å². The molecule has 0 saturated carbocycles. The summed E-state index contributed by atoms with van der Waals surface area (Å²) in [5, 5.41) is 2.88. The summed E-state index contributed by atoms with van der Waals surface area (Å²) in [6, 6.07) is 6.90. The predicted molar refractivity (Wildman–Crippen MR) is 76.6 cm³/mol. The second-order valence-electron chi connectivity index (χ2n) is 4.27. The van der Waals surface area contributed by atoms with E-state index in [0.29, 0.717) is 23.7 Å². The van der Waals surface area contributed by atoms with Crippen molar-refractivity contribution in [1.29, 1.82) is 0 Å². The highest BCUT2D eigenvalue weighted by Gasteiger charge is 2.16. The number of hydrogen-bond donors (Lipinski definition) is 2. The minimum Gasteiger partial charge on any atom is -0.489 e. The molecule has 0 aliphatic carbocycles. The van der Waals surface area contributed by atoms with Gasteiger partial charge in [-0.3, -0.25) is 4.79 Å². The third-order valence-corrected chi connectivity index (χ3v) is 2.77. The number of aromatic nitrogens is 2. The summed E-state index contributed by atoms with van der Waals surface area (Å²) >= 11 is 0. The zero-order valence-corrected chi connectivity index (χ0v) is 11.3. The first kappa shape index (κ1) is 13.9. The molecule has 0 bridgehead atoms. The molecule has 104 valence electrons. The van der Waals surface area contributed by atoms with Gasteiger partial charge >= 0.3 is 0 Å². The maximum Gasteiger partial charge on any atom is 0.255 e. The molecule has 1 heterocycles. The second kappa shape index (κ2) is 6.56. The molecule has 2 N–H and O–H groups in total. The molecule has 5 nitrogen and oxygen atoms in total. The van der Waals surface area contributed by atoms with Crippen molar-refractivity contribution in [3.63, 3.8) is 0 Å². The monoisotopic (exact) mass is 271 g/mol. The fourth-order valence-electron chi connectivity index (χ4n) is 1.79. The molecule has 0 radical (unpaired) electrons. The smallest absolute Gasteiger partial charge is 0.255 e. The maximum atomic E-state index is 12.3. The average molecular weight is 271 g/mol. The number of para-hydroxylation sites is 1. The first-order valence-electron chi connectivity index (χ1n) is 6.35. The van der Waals surface area contributed by atoms with E-state index in [4.69, 9.17) is 4.74 Å². The number of carbonyl (C=O) groups excluding carboxylic acids is 1. The summed E-state index contributed by atoms with van der Waals surface area (Å²) in [5.74, 6) is 1.05. The van der Waals surface area contributed by atoms with E-state index < -0.39 is 0 Å². The number of nitrogens with zero attached hydrogens (tertiary/aromatic N) is 1. The molecule has 2 aromatic rings. The summed E-state index contributed by atoms with van der Waals surface area (Å²) in [4.78, 5) is 19.4. The fraction of sp³-hybridized carbons (Fsp3) is 0.200. The first-order chi connectivity index (χ1) is 9.72. The molecule has 0 saturated heterocycles. The Morgan fingerprint density at radius 3 is 3.05 bits per heavy atom. The highest BCUT2D eigenvalue weighted by Crippen LogP contribution is 2.19. The molecular weight excluding hydrogens is 254 g/mol. The Bertz CT molecular complexity index is 579. The lowest BCUT2D eigenvalue weighted by molar-refractivity contribution is 0.0935. The average Bonchev–Trinajstić information content (AvgIpc) is 2.99. The Balaban J connectivity index is 2.10. The van der Waals surface area contributed by atoms with Crippen molar-refractivity contribution >= 4 is 5.91 Å². The summed E-state index contributed by atoms with van der Waals surface area (Å²) in [6.45, 7) is 5.82. The molecular formula is C15H17N3O2. The number of hydrogen-bond acceptors (Lipinski definition) is 3. The van der Waals surface area contributed by atoms with E-state index in [1.165, 1.54) is 0 Å². The molecule has 2 rings (SSSR count). The van der Waals surface area contributed by atoms with Gasteiger partial charge in [-0.05, 0) is 19.1 Å². The SMILES string of the molecule is C=CCOc1ccccc1C(=O)NC(C)c1ncc[nH]1. The van der Waals surface area contributed by atoms with Gasteiger partial charge < -0.3 is 15.0 Å². The van der Waals surface area contributed by atoms with Gasteiger partial charge in [0.2, 0.25) is 0 Å². The lowest BCUT2D eigenvalue weighted by Gasteiger charge is -2.14. The lowest BCUT2D eigenvalue weighted by atomic mass is 10.1. The van der Waals surface area contributed by atoms with Crippen LogP contribution in [0, 0.1) is 0 Å². The molecule has 1 aromatic carbocycles. The van der Waals surface area contributed by atoms with Crippen molar-refractivity contribution in [1.82, 2.24) is 15.3 Å². The molecule has 0 aliphatic rings. The molecule has 0 fully saturated rings. The fourth-order valence-corrected chi connectivity index (χ4v) is 1.79. The number of imidazole rings is 1. The van der Waals surface area contributed by atoms with Gasteiger partial charge in [-0.2, -0.15) is 0 Å². The van der Waals surface area contributed by atoms with E-state index in [9.17, 15) is 4.79 Å². The van der Waals surface area contributed by atoms with E-state index in [0.717, 1.165) is 0 Å². The Kier molecular flexibility index (Phi) is 4.55. The van der Waals surface area contributed by atoms with E-state index in [1.54, 1.807) is 36.7 Å². The van der Waals surface area contributed by atoms with Gasteiger partial charge in [0.05, 0.1) is 11.6 Å². The zero-order chi connectivity index (χ0) is 14.4. The van der Waals surface area contributed by atoms with Crippen molar-refractivity contribution in [2.24, 2.45) is 0 Å². The Hall–Kier alpha value is -2.56. The van der Waals surface area contributed by atoms with Crippen molar-refractivity contribution in [2.45, 2.75) is 13.0 Å². The van der Waals surface area contributed by atoms with Crippen molar-refractivity contribution < 1.29 is 9.53 Å². The van der Waals surface area contributed by atoms with Crippen LogP contribution in [-0.4, -0.2) is 22.5 Å². The van der Waals surface area contributed by atoms with Gasteiger partial charge in [0.15, 0.2) is 0 Å². The highest BCUT2D eigenvalue weighted by molar-refractivity contribution is 5.97. The van der Waals surface area contributed by atoms with Crippen molar-refractivity contribution in [3.8, 4) is 5.75 Å². The summed E-state index contributed by atoms with van der Waals surface area (Å²) in [7, 11) is 0. The zero-order valence-electron chi connectivity index (χ0n) is 11.3. The number of ether oxygens (including phenoxy) is 1. The van der Waals surface area contributed by atoms with Crippen LogP contribution in [-0.2, 0) is 0 Å². The Morgan fingerprint density at radius 1 is 1.55 bits per heavy atom. The third kappa shape index (κ3) is 3.26. The molecule has 0 spiro atoms. The number of aromatic amines is 1. The number of H-pyrrole nitrogens is 1. The third-order valence-electron chi connectivity index (χ3n) is 2.77. The van der Waals surface area contributed by atoms with Crippen LogP contribution in [0.4, 0.5) is 0 Å². The van der Waals surface area contributed by atoms with Crippen LogP contribution in [0.25, 0.3) is 0 Å². The van der Waals surface area contributed by atoms with Crippen LogP contribution in [0.2, 0.25) is 0 Å². The number of nitrogens with one attached hydrogen (secondary N) is 2. The van der Waals surface area contributed by atoms with Gasteiger partial charge in [-0.1, -0.05) is 24.8 Å². The van der Waals surface area contributed by atoms with Gasteiger partial charge in [0.1, 0.15) is 18.2 Å². The van der Waals surface area contributed by atoms with E-state index in [-0.39, 0.29) is 11.9 Å². The quantitative estimate of drug-likeness (QED) is 0.793. The van der Waals surface area contributed by atoms with E-state index in [2.05, 4.69) is 21.9 Å². The topological polar surface area (TPSA) is 67.0 Å². The molecule has 0 aliphatic heterocycles. The number of benzene rings is 1. The molecule has 1 unspecified atom stereocenters. The molecule has 1 amide bonds. The highest BCUT2D eigenvalue weighted by atomic mass is 16.5. The van der Waals surface area contributed by atoms with Crippen molar-refractivity contribution in [3.05, 3.63) is 60.7 Å². The first-order valence-corrected chi connectivity index (χ1v) is 6.35. The van der Waals surface area contributed by atoms with Crippen LogP contribution >= 0.6 is 0 Å². The molecule has 5 heteroatoms. The number of rotatable bonds is 6. The van der Waals surface area contributed by atoms with Gasteiger partial charge in [-0.15, -0.1) is 0 Å². The predicted octanol–water partition coefficient (Wildman–Crippen LogP) is 2.47. The number of carbonyl (C=O) groups is 1. The van der Waals surface area contributed by atoms with Crippen LogP contribution in [0.1, 0.15) is 29.1 Å². The maximum absolute atomic E-state index is 12.3. The molecule has 20 heavy (non-hydrogen) atoms. The van der Waals surface area contributed by atoms with Gasteiger partial charge in [0, 0.05) is 12.4 Å². The van der Waals surface area contributed by atoms with Gasteiger partial charge in [0.25, 0.3) is 5.91 Å². The summed E-state index contributed by atoms with van der Waals surface area (Å²) in [6.07, 6.45) is 5.01. The van der Waals surface area contributed by atoms with Crippen LogP contribution in [0.15, 0.2) is 49.3 Å². The van der Waals surface area contributed by atoms with Gasteiger partial charge in [-0.25, -0.2) is 4.98 Å². The second-order valence-corrected chi connectivity index (χ2v) is 4.27. The summed E-state index contributed by atoms with van der Waals surface area (Å²) in [5.41, 5.74) is 0.493. The Labute approximate surface area is 117 Å². The normalized spacial score (nSPS) is 11.7. The van der Waals surface area contributed by atoms with E-state index >= 15 is 0 Å². The minimum absolute atomic E-state index is 0.200. The lowest BCUT2D eigenvalue weighted by Crippen LogP contribution is -2.27.